The van der Waals surface area contributed by atoms with Crippen LogP contribution in [0, 0.1) is 0 Å². The fourth-order valence-corrected chi connectivity index (χ4v) is 7.29. The van der Waals surface area contributed by atoms with Crippen LogP contribution in [0.1, 0.15) is 0 Å². The third kappa shape index (κ3) is 4.96. The summed E-state index contributed by atoms with van der Waals surface area (Å²) in [5.41, 5.74) is 12.4. The fourth-order valence-electron chi connectivity index (χ4n) is 7.29. The second kappa shape index (κ2) is 11.8. The van der Waals surface area contributed by atoms with Gasteiger partial charge in [-0.15, -0.1) is 0 Å². The van der Waals surface area contributed by atoms with Crippen LogP contribution in [0.25, 0.3) is 88.0 Å². The van der Waals surface area contributed by atoms with Crippen molar-refractivity contribution >= 4 is 32.3 Å². The molecule has 0 fully saturated rings. The molecule has 48 heavy (non-hydrogen) atoms. The highest BCUT2D eigenvalue weighted by molar-refractivity contribution is 6.21. The molecule has 0 aromatic heterocycles. The van der Waals surface area contributed by atoms with Crippen LogP contribution in [0.5, 0.6) is 0 Å². The van der Waals surface area contributed by atoms with Crippen molar-refractivity contribution in [3.8, 4) is 55.6 Å². The van der Waals surface area contributed by atoms with Gasteiger partial charge in [0.2, 0.25) is 0 Å². The molecule has 0 saturated heterocycles. The first-order valence-corrected chi connectivity index (χ1v) is 16.6. The van der Waals surface area contributed by atoms with Crippen molar-refractivity contribution in [1.29, 1.82) is 0 Å². The van der Waals surface area contributed by atoms with E-state index in [2.05, 4.69) is 194 Å². The Balaban J connectivity index is 1.16. The Kier molecular flexibility index (Phi) is 6.91. The molecule has 9 aromatic rings. The van der Waals surface area contributed by atoms with E-state index in [9.17, 15) is 0 Å². The topological polar surface area (TPSA) is 0 Å². The second-order valence-corrected chi connectivity index (χ2v) is 12.5. The van der Waals surface area contributed by atoms with Gasteiger partial charge >= 0.3 is 0 Å². The van der Waals surface area contributed by atoms with Crippen LogP contribution < -0.4 is 0 Å². The zero-order chi connectivity index (χ0) is 31.9. The van der Waals surface area contributed by atoms with Gasteiger partial charge in [0.1, 0.15) is 0 Å². The van der Waals surface area contributed by atoms with Crippen LogP contribution in [-0.4, -0.2) is 0 Å². The minimum Gasteiger partial charge on any atom is -0.0622 e. The minimum atomic E-state index is 1.22. The maximum absolute atomic E-state index is 2.35. The van der Waals surface area contributed by atoms with Crippen LogP contribution in [0.3, 0.4) is 0 Å². The van der Waals surface area contributed by atoms with E-state index in [-0.39, 0.29) is 0 Å². The van der Waals surface area contributed by atoms with E-state index in [1.54, 1.807) is 0 Å². The molecule has 0 aliphatic heterocycles. The van der Waals surface area contributed by atoms with E-state index in [1.165, 1.54) is 88.0 Å². The minimum absolute atomic E-state index is 1.22. The van der Waals surface area contributed by atoms with E-state index in [1.807, 2.05) is 0 Å². The monoisotopic (exact) mass is 608 g/mol. The van der Waals surface area contributed by atoms with Crippen molar-refractivity contribution < 1.29 is 0 Å². The van der Waals surface area contributed by atoms with Gasteiger partial charge in [-0.2, -0.15) is 0 Å². The molecule has 0 aliphatic carbocycles. The van der Waals surface area contributed by atoms with E-state index >= 15 is 0 Å². The molecule has 9 aromatic carbocycles. The van der Waals surface area contributed by atoms with E-state index in [0.717, 1.165) is 0 Å². The standard InChI is InChI=1S/C48H32/c1-2-11-33(12-3-1)35-21-23-36(24-22-35)40-15-10-16-42(32-40)48-45-19-8-6-17-43(45)47(44-18-7-9-20-46(44)48)38-28-25-37(26-29-38)41-30-27-34-13-4-5-14-39(34)31-41/h1-32H. The lowest BCUT2D eigenvalue weighted by Gasteiger charge is -2.18. The van der Waals surface area contributed by atoms with E-state index in [0.29, 0.717) is 0 Å². The van der Waals surface area contributed by atoms with Crippen molar-refractivity contribution in [2.24, 2.45) is 0 Å². The fraction of sp³-hybridized carbons (Fsp3) is 0. The van der Waals surface area contributed by atoms with Gasteiger partial charge < -0.3 is 0 Å². The summed E-state index contributed by atoms with van der Waals surface area (Å²) in [6.07, 6.45) is 0. The summed E-state index contributed by atoms with van der Waals surface area (Å²) in [5, 5.41) is 7.59. The van der Waals surface area contributed by atoms with Crippen LogP contribution in [0.4, 0.5) is 0 Å². The molecule has 0 nitrogen and oxygen atoms in total. The van der Waals surface area contributed by atoms with Crippen LogP contribution in [0.2, 0.25) is 0 Å². The van der Waals surface area contributed by atoms with Crippen molar-refractivity contribution in [3.63, 3.8) is 0 Å². The molecule has 0 bridgehead atoms. The Hall–Kier alpha value is -6.24. The SMILES string of the molecule is c1ccc(-c2ccc(-c3cccc(-c4c5ccccc5c(-c5ccc(-c6ccc7ccccc7c6)cc5)c5ccccc45)c3)cc2)cc1. The predicted molar refractivity (Wildman–Crippen MR) is 206 cm³/mol. The second-order valence-electron chi connectivity index (χ2n) is 12.5. The lowest BCUT2D eigenvalue weighted by atomic mass is 9.85. The lowest BCUT2D eigenvalue weighted by Crippen LogP contribution is -1.91. The number of benzene rings is 9. The van der Waals surface area contributed by atoms with E-state index in [4.69, 9.17) is 0 Å². The molecular weight excluding hydrogens is 577 g/mol. The average Bonchev–Trinajstić information content (AvgIpc) is 3.17. The Bertz CT molecular complexity index is 2520. The molecule has 0 heterocycles. The Morgan fingerprint density at radius 1 is 0.188 bits per heavy atom. The summed E-state index contributed by atoms with van der Waals surface area (Å²) >= 11 is 0. The summed E-state index contributed by atoms with van der Waals surface area (Å²) in [7, 11) is 0. The summed E-state index contributed by atoms with van der Waals surface area (Å²) in [6.45, 7) is 0. The van der Waals surface area contributed by atoms with Gasteiger partial charge in [0.25, 0.3) is 0 Å². The van der Waals surface area contributed by atoms with Crippen molar-refractivity contribution in [2.45, 2.75) is 0 Å². The molecule has 0 N–H and O–H groups in total. The maximum atomic E-state index is 2.35. The molecule has 0 radical (unpaired) electrons. The predicted octanol–water partition coefficient (Wildman–Crippen LogP) is 13.5. The van der Waals surface area contributed by atoms with Gasteiger partial charge in [-0.05, 0) is 100 Å². The van der Waals surface area contributed by atoms with Gasteiger partial charge in [-0.25, -0.2) is 0 Å². The van der Waals surface area contributed by atoms with Gasteiger partial charge in [-0.3, -0.25) is 0 Å². The molecule has 0 amide bonds. The van der Waals surface area contributed by atoms with Crippen molar-refractivity contribution in [2.75, 3.05) is 0 Å². The van der Waals surface area contributed by atoms with Gasteiger partial charge in [0.05, 0.1) is 0 Å². The summed E-state index contributed by atoms with van der Waals surface area (Å²) in [4.78, 5) is 0. The average molecular weight is 609 g/mol. The first-order valence-electron chi connectivity index (χ1n) is 16.6. The Morgan fingerprint density at radius 2 is 0.562 bits per heavy atom. The normalized spacial score (nSPS) is 11.3. The third-order valence-corrected chi connectivity index (χ3v) is 9.66. The molecular formula is C48H32. The first-order chi connectivity index (χ1) is 23.8. The van der Waals surface area contributed by atoms with Crippen molar-refractivity contribution in [3.05, 3.63) is 194 Å². The Labute approximate surface area is 281 Å². The lowest BCUT2D eigenvalue weighted by molar-refractivity contribution is 1.58. The molecule has 0 heteroatoms. The zero-order valence-corrected chi connectivity index (χ0v) is 26.5. The number of hydrogen-bond donors (Lipinski definition) is 0. The van der Waals surface area contributed by atoms with Crippen LogP contribution in [-0.2, 0) is 0 Å². The van der Waals surface area contributed by atoms with Crippen LogP contribution in [0.15, 0.2) is 194 Å². The van der Waals surface area contributed by atoms with Crippen LogP contribution >= 0.6 is 0 Å². The summed E-state index contributed by atoms with van der Waals surface area (Å²) < 4.78 is 0. The van der Waals surface area contributed by atoms with Gasteiger partial charge in [0.15, 0.2) is 0 Å². The molecule has 0 aliphatic rings. The number of rotatable bonds is 5. The van der Waals surface area contributed by atoms with Crippen molar-refractivity contribution in [1.82, 2.24) is 0 Å². The summed E-state index contributed by atoms with van der Waals surface area (Å²) in [6, 6.07) is 70.7. The largest absolute Gasteiger partial charge is 0.0622 e. The zero-order valence-electron chi connectivity index (χ0n) is 26.5. The molecule has 0 spiro atoms. The van der Waals surface area contributed by atoms with E-state index < -0.39 is 0 Å². The molecule has 0 atom stereocenters. The molecule has 9 rings (SSSR count). The molecule has 0 unspecified atom stereocenters. The summed E-state index contributed by atoms with van der Waals surface area (Å²) in [5.74, 6) is 0. The molecule has 0 saturated carbocycles. The molecule has 224 valence electrons. The third-order valence-electron chi connectivity index (χ3n) is 9.66. The van der Waals surface area contributed by atoms with Gasteiger partial charge in [-0.1, -0.05) is 182 Å². The number of fused-ring (bicyclic) bond motifs is 3. The highest BCUT2D eigenvalue weighted by atomic mass is 14.2. The highest BCUT2D eigenvalue weighted by Crippen LogP contribution is 2.44. The Morgan fingerprint density at radius 3 is 1.17 bits per heavy atom. The first kappa shape index (κ1) is 28.0. The quantitative estimate of drug-likeness (QED) is 0.171. The smallest absolute Gasteiger partial charge is 0.00262 e. The van der Waals surface area contributed by atoms with Gasteiger partial charge in [0, 0.05) is 0 Å². The highest BCUT2D eigenvalue weighted by Gasteiger charge is 2.17. The maximum Gasteiger partial charge on any atom is -0.00262 e. The number of hydrogen-bond acceptors (Lipinski definition) is 0.